The molecule has 6 heteroatoms. The molecule has 0 saturated carbocycles. The van der Waals surface area contributed by atoms with Gasteiger partial charge < -0.3 is 4.90 Å². The molecule has 3 rings (SSSR count). The Labute approximate surface area is 155 Å². The van der Waals surface area contributed by atoms with Crippen LogP contribution in [0.3, 0.4) is 0 Å². The second-order valence-corrected chi connectivity index (χ2v) is 6.23. The van der Waals surface area contributed by atoms with Gasteiger partial charge in [-0.3, -0.25) is 9.69 Å². The van der Waals surface area contributed by atoms with E-state index in [2.05, 4.69) is 45.2 Å². The number of amides is 1. The van der Waals surface area contributed by atoms with Gasteiger partial charge in [0.2, 0.25) is 12.4 Å². The van der Waals surface area contributed by atoms with Gasteiger partial charge in [-0.1, -0.05) is 30.3 Å². The number of piperidine rings is 1. The molecule has 2 heterocycles. The smallest absolute Gasteiger partial charge is 0.231 e. The van der Waals surface area contributed by atoms with E-state index in [1.165, 1.54) is 18.4 Å². The van der Waals surface area contributed by atoms with E-state index in [1.807, 2.05) is 0 Å². The fourth-order valence-electron chi connectivity index (χ4n) is 3.32. The van der Waals surface area contributed by atoms with Crippen molar-refractivity contribution in [1.82, 2.24) is 14.9 Å². The minimum Gasteiger partial charge on any atom is -0.303 e. The third-order valence-corrected chi connectivity index (χ3v) is 4.67. The largest absolute Gasteiger partial charge is 0.303 e. The molecule has 134 valence electrons. The summed E-state index contributed by atoms with van der Waals surface area (Å²) in [5, 5.41) is 0. The fourth-order valence-corrected chi connectivity index (χ4v) is 3.32. The second-order valence-electron chi connectivity index (χ2n) is 6.23. The molecule has 1 amide bonds. The van der Waals surface area contributed by atoms with Crippen molar-refractivity contribution in [2.24, 2.45) is 0 Å². The van der Waals surface area contributed by atoms with Crippen LogP contribution in [0.4, 0.5) is 5.95 Å². The summed E-state index contributed by atoms with van der Waals surface area (Å²) in [5.74, 6) is 1.17. The lowest BCUT2D eigenvalue weighted by molar-refractivity contribution is -0.107. The van der Waals surface area contributed by atoms with Gasteiger partial charge in [0.15, 0.2) is 0 Å². The molecule has 0 unspecified atom stereocenters. The first-order chi connectivity index (χ1) is 11.9. The topological polar surface area (TPSA) is 49.3 Å². The summed E-state index contributed by atoms with van der Waals surface area (Å²) in [6.07, 6.45) is 7.50. The number of carbonyl (C=O) groups is 1. The Balaban J connectivity index is 0.00000225. The number of hydrogen-bond donors (Lipinski definition) is 0. The van der Waals surface area contributed by atoms with E-state index in [1.54, 1.807) is 23.4 Å². The van der Waals surface area contributed by atoms with Crippen molar-refractivity contribution in [3.63, 3.8) is 0 Å². The third kappa shape index (κ3) is 5.51. The maximum Gasteiger partial charge on any atom is 0.231 e. The van der Waals surface area contributed by atoms with Crippen LogP contribution in [0.2, 0.25) is 0 Å². The SMILES string of the molecule is Cl.O=CN(CCCN1CCC(c2ccccc2)CC1)c1ncccn1. The summed E-state index contributed by atoms with van der Waals surface area (Å²) in [5.41, 5.74) is 1.46. The third-order valence-electron chi connectivity index (χ3n) is 4.67. The van der Waals surface area contributed by atoms with Crippen LogP contribution in [0.15, 0.2) is 48.8 Å². The number of rotatable bonds is 7. The molecule has 0 bridgehead atoms. The molecule has 5 nitrogen and oxygen atoms in total. The molecule has 1 saturated heterocycles. The molecule has 2 aromatic rings. The Morgan fingerprint density at radius 2 is 1.76 bits per heavy atom. The fraction of sp³-hybridized carbons (Fsp3) is 0.421. The predicted molar refractivity (Wildman–Crippen MR) is 102 cm³/mol. The van der Waals surface area contributed by atoms with Crippen LogP contribution in [-0.4, -0.2) is 47.5 Å². The van der Waals surface area contributed by atoms with Crippen molar-refractivity contribution in [2.75, 3.05) is 31.1 Å². The van der Waals surface area contributed by atoms with Gasteiger partial charge in [0.05, 0.1) is 0 Å². The number of nitrogens with zero attached hydrogens (tertiary/aromatic N) is 4. The lowest BCUT2D eigenvalue weighted by Crippen LogP contribution is -2.35. The molecule has 0 atom stereocenters. The molecule has 25 heavy (non-hydrogen) atoms. The summed E-state index contributed by atoms with van der Waals surface area (Å²) in [7, 11) is 0. The van der Waals surface area contributed by atoms with Gasteiger partial charge in [-0.25, -0.2) is 9.97 Å². The van der Waals surface area contributed by atoms with Crippen LogP contribution in [0, 0.1) is 0 Å². The molecular formula is C19H25ClN4O. The molecule has 0 N–H and O–H groups in total. The van der Waals surface area contributed by atoms with Gasteiger partial charge in [-0.05, 0) is 56.4 Å². The number of hydrogen-bond acceptors (Lipinski definition) is 4. The number of halogens is 1. The number of carbonyl (C=O) groups excluding carboxylic acids is 1. The van der Waals surface area contributed by atoms with Gasteiger partial charge >= 0.3 is 0 Å². The number of aromatic nitrogens is 2. The van der Waals surface area contributed by atoms with Crippen LogP contribution in [0.5, 0.6) is 0 Å². The van der Waals surface area contributed by atoms with E-state index >= 15 is 0 Å². The van der Waals surface area contributed by atoms with Crippen LogP contribution >= 0.6 is 12.4 Å². The molecule has 0 spiro atoms. The lowest BCUT2D eigenvalue weighted by Gasteiger charge is -2.32. The Morgan fingerprint density at radius 1 is 1.08 bits per heavy atom. The summed E-state index contributed by atoms with van der Waals surface area (Å²) in [6, 6.07) is 12.6. The zero-order valence-corrected chi connectivity index (χ0v) is 15.1. The van der Waals surface area contributed by atoms with Crippen LogP contribution in [-0.2, 0) is 4.79 Å². The number of anilines is 1. The number of benzene rings is 1. The first-order valence-corrected chi connectivity index (χ1v) is 8.63. The highest BCUT2D eigenvalue weighted by Crippen LogP contribution is 2.27. The van der Waals surface area contributed by atoms with Crippen molar-refractivity contribution < 1.29 is 4.79 Å². The maximum absolute atomic E-state index is 11.2. The molecule has 0 radical (unpaired) electrons. The van der Waals surface area contributed by atoms with Gasteiger partial charge in [-0.15, -0.1) is 12.4 Å². The molecule has 1 aliphatic rings. The minimum absolute atomic E-state index is 0. The second kappa shape index (κ2) is 10.1. The first-order valence-electron chi connectivity index (χ1n) is 8.63. The summed E-state index contributed by atoms with van der Waals surface area (Å²) in [4.78, 5) is 23.6. The van der Waals surface area contributed by atoms with Crippen molar-refractivity contribution in [1.29, 1.82) is 0 Å². The van der Waals surface area contributed by atoms with E-state index < -0.39 is 0 Å². The first kappa shape index (κ1) is 19.3. The highest BCUT2D eigenvalue weighted by atomic mass is 35.5. The molecular weight excluding hydrogens is 336 g/mol. The van der Waals surface area contributed by atoms with E-state index in [-0.39, 0.29) is 12.4 Å². The van der Waals surface area contributed by atoms with Gasteiger partial charge in [0.1, 0.15) is 0 Å². The van der Waals surface area contributed by atoms with Crippen LogP contribution in [0.1, 0.15) is 30.7 Å². The van der Waals surface area contributed by atoms with Crippen LogP contribution in [0.25, 0.3) is 0 Å². The Hall–Kier alpha value is -1.98. The van der Waals surface area contributed by atoms with E-state index in [0.717, 1.165) is 32.5 Å². The highest BCUT2D eigenvalue weighted by molar-refractivity contribution is 5.85. The average molecular weight is 361 g/mol. The minimum atomic E-state index is 0. The number of likely N-dealkylation sites (tertiary alicyclic amines) is 1. The van der Waals surface area contributed by atoms with Crippen molar-refractivity contribution in [3.8, 4) is 0 Å². The van der Waals surface area contributed by atoms with E-state index in [4.69, 9.17) is 0 Å². The van der Waals surface area contributed by atoms with E-state index in [9.17, 15) is 4.79 Å². The standard InChI is InChI=1S/C19H24N4O.ClH/c24-16-23(19-20-10-4-11-21-19)13-5-12-22-14-8-18(9-15-22)17-6-2-1-3-7-17;/h1-4,6-7,10-11,16,18H,5,8-9,12-15H2;1H. The monoisotopic (exact) mass is 360 g/mol. The lowest BCUT2D eigenvalue weighted by atomic mass is 9.89. The Kier molecular flexibility index (Phi) is 7.82. The summed E-state index contributed by atoms with van der Waals surface area (Å²) >= 11 is 0. The molecule has 0 aliphatic carbocycles. The molecule has 1 fully saturated rings. The summed E-state index contributed by atoms with van der Waals surface area (Å²) in [6.45, 7) is 3.93. The zero-order chi connectivity index (χ0) is 16.6. The Bertz CT molecular complexity index is 618. The summed E-state index contributed by atoms with van der Waals surface area (Å²) < 4.78 is 0. The molecule has 1 aromatic carbocycles. The molecule has 1 aromatic heterocycles. The van der Waals surface area contributed by atoms with Gasteiger partial charge in [0.25, 0.3) is 0 Å². The van der Waals surface area contributed by atoms with Crippen molar-refractivity contribution >= 4 is 24.8 Å². The molecule has 1 aliphatic heterocycles. The normalized spacial score (nSPS) is 15.4. The highest BCUT2D eigenvalue weighted by Gasteiger charge is 2.20. The van der Waals surface area contributed by atoms with Crippen molar-refractivity contribution in [2.45, 2.75) is 25.2 Å². The maximum atomic E-state index is 11.2. The zero-order valence-electron chi connectivity index (χ0n) is 14.3. The van der Waals surface area contributed by atoms with Gasteiger partial charge in [-0.2, -0.15) is 0 Å². The quantitative estimate of drug-likeness (QED) is 0.712. The predicted octanol–water partition coefficient (Wildman–Crippen LogP) is 3.13. The average Bonchev–Trinajstić information content (AvgIpc) is 2.67. The van der Waals surface area contributed by atoms with Gasteiger partial charge in [0, 0.05) is 18.9 Å². The van der Waals surface area contributed by atoms with Crippen LogP contribution < -0.4 is 4.90 Å². The van der Waals surface area contributed by atoms with Crippen molar-refractivity contribution in [3.05, 3.63) is 54.4 Å². The Morgan fingerprint density at radius 3 is 2.40 bits per heavy atom. The van der Waals surface area contributed by atoms with E-state index in [0.29, 0.717) is 18.4 Å².